The average Bonchev–Trinajstić information content (AvgIpc) is 2.69. The van der Waals surface area contributed by atoms with Crippen molar-refractivity contribution in [2.45, 2.75) is 13.0 Å². The van der Waals surface area contributed by atoms with Gasteiger partial charge in [0.2, 0.25) is 0 Å². The fourth-order valence-electron chi connectivity index (χ4n) is 3.03. The number of hydrogen-bond donors (Lipinski definition) is 3. The number of esters is 1. The molecular formula is C20H19BrN2O4S. The van der Waals surface area contributed by atoms with Gasteiger partial charge in [-0.15, -0.1) is 0 Å². The van der Waals surface area contributed by atoms with Gasteiger partial charge in [-0.3, -0.25) is 0 Å². The van der Waals surface area contributed by atoms with Gasteiger partial charge in [-0.05, 0) is 36.8 Å². The molecule has 0 unspecified atom stereocenters. The largest absolute Gasteiger partial charge is 0.504 e. The summed E-state index contributed by atoms with van der Waals surface area (Å²) in [5, 5.41) is 17.2. The first-order valence-corrected chi connectivity index (χ1v) is 9.77. The maximum atomic E-state index is 12.9. The molecule has 8 heteroatoms. The number of nitrogens with one attached hydrogen (secondary N) is 2. The minimum absolute atomic E-state index is 0.0814. The van der Waals surface area contributed by atoms with E-state index in [1.807, 2.05) is 30.3 Å². The van der Waals surface area contributed by atoms with Crippen LogP contribution in [0, 0.1) is 0 Å². The molecule has 146 valence electrons. The summed E-state index contributed by atoms with van der Waals surface area (Å²) >= 11 is 8.79. The van der Waals surface area contributed by atoms with Crippen LogP contribution >= 0.6 is 28.1 Å². The molecular weight excluding hydrogens is 444 g/mol. The molecule has 1 aliphatic rings. The van der Waals surface area contributed by atoms with Crippen LogP contribution < -0.4 is 15.4 Å². The number of benzene rings is 2. The third-order valence-electron chi connectivity index (χ3n) is 4.23. The number of thiocarbonyl (C=S) groups is 1. The first-order chi connectivity index (χ1) is 13.5. The number of rotatable bonds is 5. The number of carbonyl (C=O) groups excluding carboxylic acids is 1. The number of halogens is 1. The van der Waals surface area contributed by atoms with Gasteiger partial charge in [0.25, 0.3) is 0 Å². The molecule has 0 fully saturated rings. The monoisotopic (exact) mass is 462 g/mol. The van der Waals surface area contributed by atoms with Crippen molar-refractivity contribution < 1.29 is 19.4 Å². The van der Waals surface area contributed by atoms with E-state index in [1.165, 1.54) is 7.11 Å². The summed E-state index contributed by atoms with van der Waals surface area (Å²) in [4.78, 5) is 12.9. The van der Waals surface area contributed by atoms with E-state index in [0.29, 0.717) is 26.4 Å². The maximum Gasteiger partial charge on any atom is 0.338 e. The van der Waals surface area contributed by atoms with Gasteiger partial charge in [0, 0.05) is 10.0 Å². The Morgan fingerprint density at radius 3 is 2.64 bits per heavy atom. The van der Waals surface area contributed by atoms with Crippen LogP contribution in [0.1, 0.15) is 24.1 Å². The molecule has 3 N–H and O–H groups in total. The van der Waals surface area contributed by atoms with E-state index >= 15 is 0 Å². The molecule has 2 aromatic carbocycles. The zero-order valence-corrected chi connectivity index (χ0v) is 17.7. The number of phenolic OH excluding ortho intramolecular Hbond substituents is 1. The van der Waals surface area contributed by atoms with Crippen LogP contribution in [0.4, 0.5) is 0 Å². The van der Waals surface area contributed by atoms with E-state index in [4.69, 9.17) is 21.7 Å². The number of ether oxygens (including phenoxy) is 2. The second-order valence-electron chi connectivity index (χ2n) is 5.95. The van der Waals surface area contributed by atoms with Crippen molar-refractivity contribution in [2.75, 3.05) is 13.7 Å². The SMILES string of the molecule is CCOC(=O)C1=C(c2ccccc2)NC(=S)N[C@H]1c1cc(Br)cc(OC)c1O. The molecule has 3 rings (SSSR count). The van der Waals surface area contributed by atoms with Crippen LogP contribution in [-0.4, -0.2) is 29.9 Å². The molecule has 0 aliphatic carbocycles. The van der Waals surface area contributed by atoms with E-state index in [1.54, 1.807) is 19.1 Å². The number of methoxy groups -OCH3 is 1. The molecule has 0 aromatic heterocycles. The van der Waals surface area contributed by atoms with Crippen LogP contribution in [0.15, 0.2) is 52.5 Å². The summed E-state index contributed by atoms with van der Waals surface area (Å²) in [6.45, 7) is 1.96. The van der Waals surface area contributed by atoms with Gasteiger partial charge in [-0.2, -0.15) is 0 Å². The molecule has 6 nitrogen and oxygen atoms in total. The van der Waals surface area contributed by atoms with Gasteiger partial charge < -0.3 is 25.2 Å². The number of phenols is 1. The van der Waals surface area contributed by atoms with Crippen LogP contribution in [-0.2, 0) is 9.53 Å². The second-order valence-corrected chi connectivity index (χ2v) is 7.28. The summed E-state index contributed by atoms with van der Waals surface area (Å²) in [6, 6.07) is 12.0. The Bertz CT molecular complexity index is 947. The van der Waals surface area contributed by atoms with E-state index in [9.17, 15) is 9.90 Å². The highest BCUT2D eigenvalue weighted by molar-refractivity contribution is 9.10. The van der Waals surface area contributed by atoms with E-state index in [2.05, 4.69) is 26.6 Å². The van der Waals surface area contributed by atoms with Crippen molar-refractivity contribution in [3.63, 3.8) is 0 Å². The van der Waals surface area contributed by atoms with E-state index in [0.717, 1.165) is 5.56 Å². The lowest BCUT2D eigenvalue weighted by Gasteiger charge is -2.31. The maximum absolute atomic E-state index is 12.9. The topological polar surface area (TPSA) is 79.8 Å². The summed E-state index contributed by atoms with van der Waals surface area (Å²) in [5.41, 5.74) is 2.07. The molecule has 0 saturated carbocycles. The molecule has 28 heavy (non-hydrogen) atoms. The van der Waals surface area contributed by atoms with Gasteiger partial charge in [0.15, 0.2) is 16.6 Å². The Balaban J connectivity index is 2.25. The van der Waals surface area contributed by atoms with Gasteiger partial charge in [-0.25, -0.2) is 4.79 Å². The number of aromatic hydroxyl groups is 1. The minimum atomic E-state index is -0.727. The number of carbonyl (C=O) groups is 1. The van der Waals surface area contributed by atoms with Crippen LogP contribution in [0.5, 0.6) is 11.5 Å². The third-order valence-corrected chi connectivity index (χ3v) is 4.91. The summed E-state index contributed by atoms with van der Waals surface area (Å²) in [6.07, 6.45) is 0. The number of hydrogen-bond acceptors (Lipinski definition) is 5. The van der Waals surface area contributed by atoms with Crippen molar-refractivity contribution in [2.24, 2.45) is 0 Å². The highest BCUT2D eigenvalue weighted by Crippen LogP contribution is 2.41. The predicted octanol–water partition coefficient (Wildman–Crippen LogP) is 3.66. The Morgan fingerprint density at radius 2 is 2.00 bits per heavy atom. The summed E-state index contributed by atoms with van der Waals surface area (Å²) in [7, 11) is 1.46. The Hall–Kier alpha value is -2.58. The first kappa shape index (κ1) is 20.2. The lowest BCUT2D eigenvalue weighted by molar-refractivity contribution is -0.138. The second kappa shape index (κ2) is 8.62. The summed E-state index contributed by atoms with van der Waals surface area (Å²) in [5.74, 6) is -0.311. The highest BCUT2D eigenvalue weighted by atomic mass is 79.9. The molecule has 1 heterocycles. The average molecular weight is 463 g/mol. The minimum Gasteiger partial charge on any atom is -0.504 e. The smallest absolute Gasteiger partial charge is 0.338 e. The van der Waals surface area contributed by atoms with Crippen LogP contribution in [0.2, 0.25) is 0 Å². The molecule has 2 aromatic rings. The fraction of sp³-hybridized carbons (Fsp3) is 0.200. The van der Waals surface area contributed by atoms with Crippen LogP contribution in [0.3, 0.4) is 0 Å². The van der Waals surface area contributed by atoms with Gasteiger partial charge >= 0.3 is 5.97 Å². The summed E-state index contributed by atoms with van der Waals surface area (Å²) < 4.78 is 11.2. The van der Waals surface area contributed by atoms with E-state index in [-0.39, 0.29) is 18.1 Å². The molecule has 0 bridgehead atoms. The zero-order valence-electron chi connectivity index (χ0n) is 15.3. The van der Waals surface area contributed by atoms with Gasteiger partial charge in [0.05, 0.1) is 31.0 Å². The molecule has 1 aliphatic heterocycles. The first-order valence-electron chi connectivity index (χ1n) is 8.56. The van der Waals surface area contributed by atoms with Crippen molar-refractivity contribution >= 4 is 44.9 Å². The van der Waals surface area contributed by atoms with Crippen molar-refractivity contribution in [1.82, 2.24) is 10.6 Å². The lowest BCUT2D eigenvalue weighted by atomic mass is 9.92. The van der Waals surface area contributed by atoms with Crippen molar-refractivity contribution in [1.29, 1.82) is 0 Å². The van der Waals surface area contributed by atoms with E-state index < -0.39 is 12.0 Å². The van der Waals surface area contributed by atoms with Crippen LogP contribution in [0.25, 0.3) is 5.70 Å². The standard InChI is InChI=1S/C20H19BrN2O4S/c1-3-27-19(25)15-16(11-7-5-4-6-8-11)22-20(28)23-17(15)13-9-12(21)10-14(26-2)18(13)24/h4-10,17,24H,3H2,1-2H3,(H2,22,23,28)/t17-/m0/s1. The molecule has 0 radical (unpaired) electrons. The Morgan fingerprint density at radius 1 is 1.29 bits per heavy atom. The Labute approximate surface area is 176 Å². The predicted molar refractivity (Wildman–Crippen MR) is 114 cm³/mol. The zero-order chi connectivity index (χ0) is 20.3. The van der Waals surface area contributed by atoms with Crippen molar-refractivity contribution in [3.8, 4) is 11.5 Å². The van der Waals surface area contributed by atoms with Gasteiger partial charge in [-0.1, -0.05) is 46.3 Å². The lowest BCUT2D eigenvalue weighted by Crippen LogP contribution is -2.45. The third kappa shape index (κ3) is 3.98. The quantitative estimate of drug-likeness (QED) is 0.462. The van der Waals surface area contributed by atoms with Gasteiger partial charge in [0.1, 0.15) is 0 Å². The molecule has 1 atom stereocenters. The van der Waals surface area contributed by atoms with Crippen molar-refractivity contribution in [3.05, 3.63) is 63.6 Å². The highest BCUT2D eigenvalue weighted by Gasteiger charge is 2.35. The molecule has 0 amide bonds. The Kier molecular flexibility index (Phi) is 6.21. The molecule has 0 spiro atoms. The normalized spacial score (nSPS) is 16.2. The molecule has 0 saturated heterocycles. The fourth-order valence-corrected chi connectivity index (χ4v) is 3.70.